The monoisotopic (exact) mass is 267 g/mol. The van der Waals surface area contributed by atoms with E-state index in [9.17, 15) is 0 Å². The van der Waals surface area contributed by atoms with Gasteiger partial charge in [0.15, 0.2) is 0 Å². The van der Waals surface area contributed by atoms with Crippen LogP contribution in [-0.2, 0) is 4.74 Å². The van der Waals surface area contributed by atoms with E-state index in [1.54, 1.807) is 7.11 Å². The summed E-state index contributed by atoms with van der Waals surface area (Å²) in [5.41, 5.74) is 1.33. The van der Waals surface area contributed by atoms with Crippen molar-refractivity contribution in [2.24, 2.45) is 0 Å². The van der Waals surface area contributed by atoms with Gasteiger partial charge in [0.2, 0.25) is 0 Å². The molecule has 1 aromatic carbocycles. The summed E-state index contributed by atoms with van der Waals surface area (Å²) in [5.74, 6) is 1.13. The molecule has 0 bridgehead atoms. The standard InChI is InChI=1S/C15H25NOS/c1-4-16-14(8-6-10-17-3)12-18-15-9-5-7-13(2)11-15/h5,7,9,11,14,16H,4,6,8,10,12H2,1-3H3. The van der Waals surface area contributed by atoms with E-state index < -0.39 is 0 Å². The van der Waals surface area contributed by atoms with Gasteiger partial charge in [-0.25, -0.2) is 0 Å². The summed E-state index contributed by atoms with van der Waals surface area (Å²) in [5, 5.41) is 3.55. The fourth-order valence-electron chi connectivity index (χ4n) is 1.91. The summed E-state index contributed by atoms with van der Waals surface area (Å²) in [6, 6.07) is 9.30. The maximum atomic E-state index is 5.11. The van der Waals surface area contributed by atoms with Crippen LogP contribution in [-0.4, -0.2) is 32.1 Å². The number of rotatable bonds is 9. The molecule has 2 nitrogen and oxygen atoms in total. The minimum atomic E-state index is 0.579. The number of aryl methyl sites for hydroxylation is 1. The minimum Gasteiger partial charge on any atom is -0.385 e. The van der Waals surface area contributed by atoms with Crippen LogP contribution in [0.1, 0.15) is 25.3 Å². The molecule has 0 saturated heterocycles. The number of nitrogens with one attached hydrogen (secondary N) is 1. The Labute approximate surface area is 116 Å². The van der Waals surface area contributed by atoms with Crippen molar-refractivity contribution in [1.29, 1.82) is 0 Å². The third kappa shape index (κ3) is 6.43. The summed E-state index contributed by atoms with van der Waals surface area (Å²) in [6.07, 6.45) is 2.31. The van der Waals surface area contributed by atoms with E-state index in [1.165, 1.54) is 16.9 Å². The van der Waals surface area contributed by atoms with Crippen molar-refractivity contribution in [1.82, 2.24) is 5.32 Å². The summed E-state index contributed by atoms with van der Waals surface area (Å²) in [7, 11) is 1.77. The predicted molar refractivity (Wildman–Crippen MR) is 80.5 cm³/mol. The smallest absolute Gasteiger partial charge is 0.0462 e. The zero-order chi connectivity index (χ0) is 13.2. The van der Waals surface area contributed by atoms with Crippen LogP contribution >= 0.6 is 11.8 Å². The molecule has 0 amide bonds. The molecule has 0 saturated carbocycles. The van der Waals surface area contributed by atoms with Gasteiger partial charge in [-0.2, -0.15) is 0 Å². The van der Waals surface area contributed by atoms with Gasteiger partial charge < -0.3 is 10.1 Å². The molecule has 102 valence electrons. The van der Waals surface area contributed by atoms with E-state index in [1.807, 2.05) is 11.8 Å². The van der Waals surface area contributed by atoms with Crippen LogP contribution < -0.4 is 5.32 Å². The molecule has 0 aromatic heterocycles. The zero-order valence-corrected chi connectivity index (χ0v) is 12.6. The minimum absolute atomic E-state index is 0.579. The molecule has 1 rings (SSSR count). The second-order valence-electron chi connectivity index (χ2n) is 4.52. The quantitative estimate of drug-likeness (QED) is 0.546. The number of methoxy groups -OCH3 is 1. The first-order valence-electron chi connectivity index (χ1n) is 6.68. The molecule has 0 fully saturated rings. The van der Waals surface area contributed by atoms with E-state index in [-0.39, 0.29) is 0 Å². The van der Waals surface area contributed by atoms with E-state index >= 15 is 0 Å². The van der Waals surface area contributed by atoms with Crippen LogP contribution in [0.4, 0.5) is 0 Å². The first-order chi connectivity index (χ1) is 8.76. The fourth-order valence-corrected chi connectivity index (χ4v) is 3.03. The molecule has 1 unspecified atom stereocenters. The van der Waals surface area contributed by atoms with Crippen LogP contribution in [0.2, 0.25) is 0 Å². The Morgan fingerprint density at radius 1 is 1.39 bits per heavy atom. The molecule has 0 spiro atoms. The lowest BCUT2D eigenvalue weighted by Gasteiger charge is -2.17. The fraction of sp³-hybridized carbons (Fsp3) is 0.600. The lowest BCUT2D eigenvalue weighted by molar-refractivity contribution is 0.190. The Hall–Kier alpha value is -0.510. The molecular weight excluding hydrogens is 242 g/mol. The number of ether oxygens (including phenoxy) is 1. The van der Waals surface area contributed by atoms with Crippen molar-refractivity contribution in [2.45, 2.75) is 37.6 Å². The van der Waals surface area contributed by atoms with Crippen molar-refractivity contribution < 1.29 is 4.74 Å². The van der Waals surface area contributed by atoms with Gasteiger partial charge in [-0.3, -0.25) is 0 Å². The highest BCUT2D eigenvalue weighted by atomic mass is 32.2. The maximum Gasteiger partial charge on any atom is 0.0462 e. The summed E-state index contributed by atoms with van der Waals surface area (Å²) in [6.45, 7) is 6.20. The predicted octanol–water partition coefficient (Wildman–Crippen LogP) is 3.49. The first-order valence-corrected chi connectivity index (χ1v) is 7.66. The van der Waals surface area contributed by atoms with Crippen molar-refractivity contribution in [3.05, 3.63) is 29.8 Å². The zero-order valence-electron chi connectivity index (χ0n) is 11.7. The molecule has 1 N–H and O–H groups in total. The molecule has 0 aliphatic rings. The van der Waals surface area contributed by atoms with E-state index in [4.69, 9.17) is 4.74 Å². The molecule has 3 heteroatoms. The highest BCUT2D eigenvalue weighted by Crippen LogP contribution is 2.20. The van der Waals surface area contributed by atoms with Gasteiger partial charge in [0, 0.05) is 30.4 Å². The van der Waals surface area contributed by atoms with Gasteiger partial charge in [-0.05, 0) is 38.4 Å². The largest absolute Gasteiger partial charge is 0.385 e. The van der Waals surface area contributed by atoms with E-state index in [2.05, 4.69) is 43.4 Å². The second-order valence-corrected chi connectivity index (χ2v) is 5.61. The average Bonchev–Trinajstić information content (AvgIpc) is 2.36. The van der Waals surface area contributed by atoms with Gasteiger partial charge in [0.1, 0.15) is 0 Å². The maximum absolute atomic E-state index is 5.11. The number of hydrogen-bond donors (Lipinski definition) is 1. The Morgan fingerprint density at radius 2 is 2.22 bits per heavy atom. The van der Waals surface area contributed by atoms with Crippen molar-refractivity contribution in [3.63, 3.8) is 0 Å². The van der Waals surface area contributed by atoms with Gasteiger partial charge in [0.25, 0.3) is 0 Å². The first kappa shape index (κ1) is 15.5. The van der Waals surface area contributed by atoms with E-state index in [0.717, 1.165) is 25.3 Å². The average molecular weight is 267 g/mol. The van der Waals surface area contributed by atoms with Crippen LogP contribution in [0.25, 0.3) is 0 Å². The SMILES string of the molecule is CCNC(CCCOC)CSc1cccc(C)c1. The molecule has 0 radical (unpaired) electrons. The lowest BCUT2D eigenvalue weighted by atomic mass is 10.2. The summed E-state index contributed by atoms with van der Waals surface area (Å²) >= 11 is 1.94. The Bertz CT molecular complexity index is 330. The summed E-state index contributed by atoms with van der Waals surface area (Å²) < 4.78 is 5.11. The molecular formula is C15H25NOS. The Morgan fingerprint density at radius 3 is 2.89 bits per heavy atom. The normalized spacial score (nSPS) is 12.6. The highest BCUT2D eigenvalue weighted by molar-refractivity contribution is 7.99. The third-order valence-corrected chi connectivity index (χ3v) is 3.99. The third-order valence-electron chi connectivity index (χ3n) is 2.83. The number of benzene rings is 1. The number of thioether (sulfide) groups is 1. The van der Waals surface area contributed by atoms with Gasteiger partial charge in [-0.15, -0.1) is 11.8 Å². The molecule has 18 heavy (non-hydrogen) atoms. The molecule has 1 atom stereocenters. The molecule has 0 aliphatic heterocycles. The van der Waals surface area contributed by atoms with Crippen LogP contribution in [0.5, 0.6) is 0 Å². The lowest BCUT2D eigenvalue weighted by Crippen LogP contribution is -2.31. The second kappa shape index (κ2) is 9.42. The molecule has 0 heterocycles. The highest BCUT2D eigenvalue weighted by Gasteiger charge is 2.07. The molecule has 0 aliphatic carbocycles. The summed E-state index contributed by atoms with van der Waals surface area (Å²) in [4.78, 5) is 1.37. The van der Waals surface area contributed by atoms with Gasteiger partial charge >= 0.3 is 0 Å². The Kier molecular flexibility index (Phi) is 8.14. The van der Waals surface area contributed by atoms with Crippen molar-refractivity contribution in [2.75, 3.05) is 26.0 Å². The Balaban J connectivity index is 2.36. The van der Waals surface area contributed by atoms with Crippen molar-refractivity contribution in [3.8, 4) is 0 Å². The van der Waals surface area contributed by atoms with Crippen molar-refractivity contribution >= 4 is 11.8 Å². The van der Waals surface area contributed by atoms with Crippen LogP contribution in [0, 0.1) is 6.92 Å². The molecule has 1 aromatic rings. The van der Waals surface area contributed by atoms with E-state index in [0.29, 0.717) is 6.04 Å². The topological polar surface area (TPSA) is 21.3 Å². The van der Waals surface area contributed by atoms with Gasteiger partial charge in [0.05, 0.1) is 0 Å². The van der Waals surface area contributed by atoms with Crippen LogP contribution in [0.15, 0.2) is 29.2 Å². The number of hydrogen-bond acceptors (Lipinski definition) is 3. The van der Waals surface area contributed by atoms with Crippen LogP contribution in [0.3, 0.4) is 0 Å². The van der Waals surface area contributed by atoms with Gasteiger partial charge in [-0.1, -0.05) is 24.6 Å².